The summed E-state index contributed by atoms with van der Waals surface area (Å²) in [5.74, 6) is -0.154. The van der Waals surface area contributed by atoms with Gasteiger partial charge in [0.15, 0.2) is 19.0 Å². The molecular formula is C22H21Cl3O4. The normalized spacial score (nSPS) is 14.4. The van der Waals surface area contributed by atoms with Gasteiger partial charge in [0, 0.05) is 11.6 Å². The fourth-order valence-corrected chi connectivity index (χ4v) is 3.99. The lowest BCUT2D eigenvalue weighted by molar-refractivity contribution is -0.144. The molecule has 4 nitrogen and oxygen atoms in total. The van der Waals surface area contributed by atoms with Crippen LogP contribution in [0, 0.1) is 0 Å². The van der Waals surface area contributed by atoms with Crippen LogP contribution in [-0.4, -0.2) is 25.0 Å². The summed E-state index contributed by atoms with van der Waals surface area (Å²) in [7, 11) is 0. The van der Waals surface area contributed by atoms with Crippen LogP contribution in [0.5, 0.6) is 5.75 Å². The van der Waals surface area contributed by atoms with Crippen LogP contribution < -0.4 is 4.74 Å². The first-order valence-corrected chi connectivity index (χ1v) is 10.6. The van der Waals surface area contributed by atoms with E-state index >= 15 is 0 Å². The average molecular weight is 456 g/mol. The van der Waals surface area contributed by atoms with Crippen LogP contribution in [0.3, 0.4) is 0 Å². The van der Waals surface area contributed by atoms with E-state index in [1.165, 1.54) is 49.8 Å². The summed E-state index contributed by atoms with van der Waals surface area (Å²) >= 11 is 17.7. The van der Waals surface area contributed by atoms with E-state index in [-0.39, 0.29) is 33.2 Å². The number of hydrogen-bond acceptors (Lipinski definition) is 4. The van der Waals surface area contributed by atoms with Crippen LogP contribution in [0.25, 0.3) is 0 Å². The van der Waals surface area contributed by atoms with E-state index in [4.69, 9.17) is 44.3 Å². The molecule has 7 heteroatoms. The molecule has 0 N–H and O–H groups in total. The Hall–Kier alpha value is -1.75. The van der Waals surface area contributed by atoms with E-state index in [0.717, 1.165) is 0 Å². The van der Waals surface area contributed by atoms with Crippen molar-refractivity contribution in [1.29, 1.82) is 0 Å². The Morgan fingerprint density at radius 1 is 0.862 bits per heavy atom. The second kappa shape index (κ2) is 10.3. The quantitative estimate of drug-likeness (QED) is 0.272. The Bertz CT molecular complexity index is 874. The summed E-state index contributed by atoms with van der Waals surface area (Å²) in [6.45, 7) is -0.744. The molecule has 0 saturated heterocycles. The Morgan fingerprint density at radius 2 is 1.52 bits per heavy atom. The van der Waals surface area contributed by atoms with Crippen molar-refractivity contribution in [3.05, 3.63) is 62.6 Å². The van der Waals surface area contributed by atoms with Crippen molar-refractivity contribution in [3.8, 4) is 5.75 Å². The molecule has 154 valence electrons. The second-order valence-corrected chi connectivity index (χ2v) is 8.25. The van der Waals surface area contributed by atoms with Crippen molar-refractivity contribution < 1.29 is 19.1 Å². The number of benzene rings is 2. The highest BCUT2D eigenvalue weighted by Gasteiger charge is 2.17. The molecule has 1 fully saturated rings. The summed E-state index contributed by atoms with van der Waals surface area (Å²) in [5.41, 5.74) is 1.79. The molecule has 0 amide bonds. The highest BCUT2D eigenvalue weighted by molar-refractivity contribution is 6.43. The predicted octanol–water partition coefficient (Wildman–Crippen LogP) is 6.50. The molecule has 1 saturated carbocycles. The topological polar surface area (TPSA) is 52.6 Å². The first-order valence-electron chi connectivity index (χ1n) is 9.50. The molecule has 0 radical (unpaired) electrons. The molecular weight excluding hydrogens is 435 g/mol. The summed E-state index contributed by atoms with van der Waals surface area (Å²) in [5, 5.41) is 0.763. The smallest absolute Gasteiger partial charge is 0.344 e. The van der Waals surface area contributed by atoms with E-state index in [2.05, 4.69) is 0 Å². The number of Topliss-reactive ketones (excluding diaryl/α,β-unsaturated/α-hetero) is 1. The maximum atomic E-state index is 12.3. The standard InChI is InChI=1S/C22H21Cl3O4/c23-17-10-19(25)21(11-18(17)24)28-13-22(27)29-12-20(26)16-8-6-15(7-9-16)14-4-2-1-3-5-14/h6-11,14H,1-5,12-13H2. The van der Waals surface area contributed by atoms with Crippen molar-refractivity contribution in [2.24, 2.45) is 0 Å². The van der Waals surface area contributed by atoms with Crippen LogP contribution in [0.2, 0.25) is 15.1 Å². The van der Waals surface area contributed by atoms with Gasteiger partial charge in [0.2, 0.25) is 0 Å². The van der Waals surface area contributed by atoms with Crippen LogP contribution in [0.15, 0.2) is 36.4 Å². The van der Waals surface area contributed by atoms with Crippen LogP contribution >= 0.6 is 34.8 Å². The zero-order valence-electron chi connectivity index (χ0n) is 15.8. The fraction of sp³-hybridized carbons (Fsp3) is 0.364. The number of carbonyl (C=O) groups is 2. The van der Waals surface area contributed by atoms with E-state index in [1.54, 1.807) is 12.1 Å². The third kappa shape index (κ3) is 6.11. The summed E-state index contributed by atoms with van der Waals surface area (Å²) in [4.78, 5) is 24.2. The van der Waals surface area contributed by atoms with Gasteiger partial charge < -0.3 is 9.47 Å². The largest absolute Gasteiger partial charge is 0.480 e. The maximum absolute atomic E-state index is 12.3. The van der Waals surface area contributed by atoms with Gasteiger partial charge in [-0.1, -0.05) is 78.3 Å². The number of ether oxygens (including phenoxy) is 2. The van der Waals surface area contributed by atoms with E-state index in [1.807, 2.05) is 12.1 Å². The van der Waals surface area contributed by atoms with Crippen molar-refractivity contribution in [2.45, 2.75) is 38.0 Å². The molecule has 0 spiro atoms. The molecule has 2 aromatic carbocycles. The zero-order chi connectivity index (χ0) is 20.8. The van der Waals surface area contributed by atoms with E-state index in [9.17, 15) is 9.59 Å². The molecule has 1 aliphatic carbocycles. The summed E-state index contributed by atoms with van der Waals surface area (Å²) in [6.07, 6.45) is 6.23. The van der Waals surface area contributed by atoms with Gasteiger partial charge in [-0.25, -0.2) is 4.79 Å². The van der Waals surface area contributed by atoms with Crippen LogP contribution in [0.1, 0.15) is 53.9 Å². The first kappa shape index (κ1) is 21.9. The Kier molecular flexibility index (Phi) is 7.82. The van der Waals surface area contributed by atoms with E-state index in [0.29, 0.717) is 11.5 Å². The number of esters is 1. The van der Waals surface area contributed by atoms with Crippen molar-refractivity contribution in [3.63, 3.8) is 0 Å². The molecule has 0 heterocycles. The van der Waals surface area contributed by atoms with Gasteiger partial charge in [0.1, 0.15) is 5.75 Å². The predicted molar refractivity (Wildman–Crippen MR) is 115 cm³/mol. The van der Waals surface area contributed by atoms with Crippen LogP contribution in [-0.2, 0) is 9.53 Å². The molecule has 29 heavy (non-hydrogen) atoms. The zero-order valence-corrected chi connectivity index (χ0v) is 18.0. The van der Waals surface area contributed by atoms with Gasteiger partial charge in [0.05, 0.1) is 15.1 Å². The second-order valence-electron chi connectivity index (χ2n) is 7.03. The Morgan fingerprint density at radius 3 is 2.21 bits per heavy atom. The number of rotatable bonds is 7. The summed E-state index contributed by atoms with van der Waals surface area (Å²) < 4.78 is 10.3. The number of halogens is 3. The average Bonchev–Trinajstić information content (AvgIpc) is 2.74. The monoisotopic (exact) mass is 454 g/mol. The number of carbonyl (C=O) groups excluding carboxylic acids is 2. The number of ketones is 1. The lowest BCUT2D eigenvalue weighted by Gasteiger charge is -2.22. The molecule has 1 aliphatic rings. The molecule has 3 rings (SSSR count). The lowest BCUT2D eigenvalue weighted by atomic mass is 9.84. The minimum Gasteiger partial charge on any atom is -0.480 e. The van der Waals surface area contributed by atoms with Gasteiger partial charge in [-0.2, -0.15) is 0 Å². The molecule has 2 aromatic rings. The molecule has 0 aromatic heterocycles. The van der Waals surface area contributed by atoms with Crippen molar-refractivity contribution in [1.82, 2.24) is 0 Å². The SMILES string of the molecule is O=C(COc1cc(Cl)c(Cl)cc1Cl)OCC(=O)c1ccc(C2CCCCC2)cc1. The lowest BCUT2D eigenvalue weighted by Crippen LogP contribution is -2.19. The molecule has 0 aliphatic heterocycles. The fourth-order valence-electron chi connectivity index (χ4n) is 3.40. The Labute approximate surface area is 185 Å². The van der Waals surface area contributed by atoms with Gasteiger partial charge in [-0.3, -0.25) is 4.79 Å². The maximum Gasteiger partial charge on any atom is 0.344 e. The van der Waals surface area contributed by atoms with Gasteiger partial charge in [-0.15, -0.1) is 0 Å². The first-order chi connectivity index (χ1) is 13.9. The van der Waals surface area contributed by atoms with E-state index < -0.39 is 12.6 Å². The Balaban J connectivity index is 1.47. The van der Waals surface area contributed by atoms with Gasteiger partial charge in [0.25, 0.3) is 0 Å². The summed E-state index contributed by atoms with van der Waals surface area (Å²) in [6, 6.07) is 10.4. The van der Waals surface area contributed by atoms with Crippen molar-refractivity contribution in [2.75, 3.05) is 13.2 Å². The third-order valence-electron chi connectivity index (χ3n) is 4.99. The van der Waals surface area contributed by atoms with Crippen LogP contribution in [0.4, 0.5) is 0 Å². The highest BCUT2D eigenvalue weighted by atomic mass is 35.5. The minimum absolute atomic E-state index is 0.211. The number of hydrogen-bond donors (Lipinski definition) is 0. The third-order valence-corrected chi connectivity index (χ3v) is 6.01. The van der Waals surface area contributed by atoms with Crippen molar-refractivity contribution >= 4 is 46.6 Å². The van der Waals surface area contributed by atoms with Gasteiger partial charge >= 0.3 is 5.97 Å². The molecule has 0 bridgehead atoms. The van der Waals surface area contributed by atoms with Gasteiger partial charge in [-0.05, 0) is 30.4 Å². The highest BCUT2D eigenvalue weighted by Crippen LogP contribution is 2.34. The molecule has 0 atom stereocenters. The minimum atomic E-state index is -0.681. The molecule has 0 unspecified atom stereocenters.